The zero-order valence-electron chi connectivity index (χ0n) is 12.1. The molecule has 2 aromatic rings. The highest BCUT2D eigenvalue weighted by molar-refractivity contribution is 7.99. The molecule has 0 bridgehead atoms. The van der Waals surface area contributed by atoms with Crippen LogP contribution in [0.25, 0.3) is 11.0 Å². The Kier molecular flexibility index (Phi) is 4.35. The summed E-state index contributed by atoms with van der Waals surface area (Å²) in [5.41, 5.74) is 1.93. The molecule has 2 unspecified atom stereocenters. The number of methoxy groups -OCH3 is 1. The van der Waals surface area contributed by atoms with Crippen molar-refractivity contribution in [3.05, 3.63) is 18.2 Å². The van der Waals surface area contributed by atoms with Crippen molar-refractivity contribution in [2.45, 2.75) is 42.5 Å². The summed E-state index contributed by atoms with van der Waals surface area (Å²) in [4.78, 5) is 7.97. The Morgan fingerprint density at radius 2 is 2.19 bits per heavy atom. The van der Waals surface area contributed by atoms with Gasteiger partial charge in [0, 0.05) is 11.3 Å². The van der Waals surface area contributed by atoms with Gasteiger partial charge in [0.25, 0.3) is 0 Å². The van der Waals surface area contributed by atoms with E-state index < -0.39 is 0 Å². The number of benzene rings is 1. The first-order valence-corrected chi connectivity index (χ1v) is 8.28. The molecule has 21 heavy (non-hydrogen) atoms. The van der Waals surface area contributed by atoms with Gasteiger partial charge in [0.15, 0.2) is 5.16 Å². The minimum atomic E-state index is 0.139. The van der Waals surface area contributed by atoms with E-state index in [1.807, 2.05) is 18.2 Å². The summed E-state index contributed by atoms with van der Waals surface area (Å²) in [6.45, 7) is 0. The van der Waals surface area contributed by atoms with Gasteiger partial charge in [0.2, 0.25) is 0 Å². The number of nitrogens with zero attached hydrogens (tertiary/aromatic N) is 2. The van der Waals surface area contributed by atoms with Crippen molar-refractivity contribution < 1.29 is 4.74 Å². The van der Waals surface area contributed by atoms with Gasteiger partial charge in [-0.05, 0) is 25.0 Å². The lowest BCUT2D eigenvalue weighted by Gasteiger charge is -2.16. The molecule has 5 heteroatoms. The van der Waals surface area contributed by atoms with Gasteiger partial charge in [-0.1, -0.05) is 31.0 Å². The van der Waals surface area contributed by atoms with Crippen LogP contribution in [0.2, 0.25) is 0 Å². The van der Waals surface area contributed by atoms with Gasteiger partial charge in [-0.2, -0.15) is 5.26 Å². The number of imidazole rings is 1. The number of nitrogens with one attached hydrogen (secondary N) is 1. The van der Waals surface area contributed by atoms with Crippen molar-refractivity contribution in [1.29, 1.82) is 5.26 Å². The van der Waals surface area contributed by atoms with E-state index in [1.165, 1.54) is 19.3 Å². The molecular weight excluding hydrogens is 282 g/mol. The number of nitriles is 1. The average Bonchev–Trinajstić information content (AvgIpc) is 2.77. The largest absolute Gasteiger partial charge is 0.497 e. The number of rotatable bonds is 3. The van der Waals surface area contributed by atoms with Gasteiger partial charge in [0.05, 0.1) is 30.1 Å². The third-order valence-electron chi connectivity index (χ3n) is 4.05. The Labute approximate surface area is 128 Å². The molecule has 0 radical (unpaired) electrons. The number of aromatic nitrogens is 2. The molecule has 2 atom stereocenters. The standard InChI is InChI=1S/C16H19N3OS/c1-20-12-7-8-13-14(9-12)19-16(18-13)21-15-6-4-2-3-5-11(15)10-17/h7-9,11,15H,2-6H2,1H3,(H,18,19). The number of H-pyrrole nitrogens is 1. The Morgan fingerprint density at radius 3 is 3.00 bits per heavy atom. The molecule has 0 aliphatic heterocycles. The quantitative estimate of drug-likeness (QED) is 0.866. The highest BCUT2D eigenvalue weighted by atomic mass is 32.2. The number of thioether (sulfide) groups is 1. The Bertz CT molecular complexity index is 661. The van der Waals surface area contributed by atoms with Gasteiger partial charge in [-0.25, -0.2) is 4.98 Å². The fourth-order valence-corrected chi connectivity index (χ4v) is 4.11. The first kappa shape index (κ1) is 14.3. The fourth-order valence-electron chi connectivity index (χ4n) is 2.85. The molecule has 0 saturated heterocycles. The molecule has 1 saturated carbocycles. The lowest BCUT2D eigenvalue weighted by Crippen LogP contribution is -2.14. The molecule has 1 aliphatic rings. The number of aromatic amines is 1. The second-order valence-corrected chi connectivity index (χ2v) is 6.68. The third kappa shape index (κ3) is 3.16. The molecule has 4 nitrogen and oxygen atoms in total. The van der Waals surface area contributed by atoms with Gasteiger partial charge < -0.3 is 9.72 Å². The molecule has 1 aromatic heterocycles. The van der Waals surface area contributed by atoms with Crippen LogP contribution in [0, 0.1) is 17.2 Å². The maximum atomic E-state index is 9.36. The van der Waals surface area contributed by atoms with Crippen LogP contribution in [0.3, 0.4) is 0 Å². The summed E-state index contributed by atoms with van der Waals surface area (Å²) >= 11 is 1.72. The van der Waals surface area contributed by atoms with E-state index in [0.29, 0.717) is 5.25 Å². The number of hydrogen-bond acceptors (Lipinski definition) is 4. The molecule has 1 aromatic carbocycles. The van der Waals surface area contributed by atoms with Gasteiger partial charge >= 0.3 is 0 Å². The summed E-state index contributed by atoms with van der Waals surface area (Å²) in [6, 6.07) is 8.32. The zero-order valence-corrected chi connectivity index (χ0v) is 12.9. The van der Waals surface area contributed by atoms with Crippen LogP contribution in [0.5, 0.6) is 5.75 Å². The van der Waals surface area contributed by atoms with Gasteiger partial charge in [-0.3, -0.25) is 0 Å². The summed E-state index contributed by atoms with van der Waals surface area (Å²) in [5.74, 6) is 0.965. The van der Waals surface area contributed by atoms with Crippen molar-refractivity contribution >= 4 is 22.8 Å². The Morgan fingerprint density at radius 1 is 1.33 bits per heavy atom. The number of fused-ring (bicyclic) bond motifs is 1. The van der Waals surface area contributed by atoms with Crippen molar-refractivity contribution in [1.82, 2.24) is 9.97 Å². The highest BCUT2D eigenvalue weighted by Crippen LogP contribution is 2.36. The normalized spacial score (nSPS) is 22.7. The van der Waals surface area contributed by atoms with E-state index in [-0.39, 0.29) is 5.92 Å². The molecule has 110 valence electrons. The summed E-state index contributed by atoms with van der Waals surface area (Å²) < 4.78 is 5.23. The first-order chi connectivity index (χ1) is 10.3. The number of ether oxygens (including phenoxy) is 1. The van der Waals surface area contributed by atoms with E-state index in [0.717, 1.165) is 34.8 Å². The highest BCUT2D eigenvalue weighted by Gasteiger charge is 2.25. The molecule has 1 N–H and O–H groups in total. The van der Waals surface area contributed by atoms with E-state index in [2.05, 4.69) is 16.0 Å². The van der Waals surface area contributed by atoms with Crippen LogP contribution in [0.15, 0.2) is 23.4 Å². The minimum Gasteiger partial charge on any atom is -0.497 e. The summed E-state index contributed by atoms with van der Waals surface area (Å²) in [5, 5.41) is 10.6. The van der Waals surface area contributed by atoms with Crippen LogP contribution in [0.1, 0.15) is 32.1 Å². The lowest BCUT2D eigenvalue weighted by atomic mass is 10.0. The molecule has 1 heterocycles. The maximum Gasteiger partial charge on any atom is 0.166 e. The van der Waals surface area contributed by atoms with Crippen molar-refractivity contribution in [3.8, 4) is 11.8 Å². The zero-order chi connectivity index (χ0) is 14.7. The van der Waals surface area contributed by atoms with Crippen molar-refractivity contribution in [2.24, 2.45) is 5.92 Å². The predicted octanol–water partition coefficient (Wildman–Crippen LogP) is 4.14. The van der Waals surface area contributed by atoms with Crippen LogP contribution in [-0.4, -0.2) is 22.3 Å². The Hall–Kier alpha value is -1.67. The minimum absolute atomic E-state index is 0.139. The monoisotopic (exact) mass is 301 g/mol. The van der Waals surface area contributed by atoms with Gasteiger partial charge in [-0.15, -0.1) is 0 Å². The van der Waals surface area contributed by atoms with Crippen LogP contribution < -0.4 is 4.74 Å². The molecule has 0 amide bonds. The van der Waals surface area contributed by atoms with E-state index in [4.69, 9.17) is 4.74 Å². The van der Waals surface area contributed by atoms with E-state index >= 15 is 0 Å². The predicted molar refractivity (Wildman–Crippen MR) is 84.5 cm³/mol. The molecule has 1 fully saturated rings. The second-order valence-electron chi connectivity index (χ2n) is 5.45. The molecular formula is C16H19N3OS. The van der Waals surface area contributed by atoms with E-state index in [9.17, 15) is 5.26 Å². The first-order valence-electron chi connectivity index (χ1n) is 7.40. The van der Waals surface area contributed by atoms with Crippen LogP contribution >= 0.6 is 11.8 Å². The topological polar surface area (TPSA) is 61.7 Å². The van der Waals surface area contributed by atoms with Crippen LogP contribution in [-0.2, 0) is 0 Å². The second kappa shape index (κ2) is 6.40. The Balaban J connectivity index is 1.81. The summed E-state index contributed by atoms with van der Waals surface area (Å²) in [6.07, 6.45) is 5.74. The lowest BCUT2D eigenvalue weighted by molar-refractivity contribution is 0.415. The smallest absolute Gasteiger partial charge is 0.166 e. The molecule has 1 aliphatic carbocycles. The van der Waals surface area contributed by atoms with Crippen LogP contribution in [0.4, 0.5) is 0 Å². The van der Waals surface area contributed by atoms with E-state index in [1.54, 1.807) is 18.9 Å². The van der Waals surface area contributed by atoms with Crippen molar-refractivity contribution in [3.63, 3.8) is 0 Å². The SMILES string of the molecule is COc1ccc2nc(SC3CCCCCC3C#N)[nH]c2c1. The maximum absolute atomic E-state index is 9.36. The van der Waals surface area contributed by atoms with Crippen molar-refractivity contribution in [2.75, 3.05) is 7.11 Å². The average molecular weight is 301 g/mol. The summed E-state index contributed by atoms with van der Waals surface area (Å²) in [7, 11) is 1.66. The number of hydrogen-bond donors (Lipinski definition) is 1. The van der Waals surface area contributed by atoms with Gasteiger partial charge in [0.1, 0.15) is 5.75 Å². The third-order valence-corrected chi connectivity index (χ3v) is 5.33. The molecule has 3 rings (SSSR count). The fraction of sp³-hybridized carbons (Fsp3) is 0.500. The molecule has 0 spiro atoms.